The lowest BCUT2D eigenvalue weighted by atomic mass is 9.81. The summed E-state index contributed by atoms with van der Waals surface area (Å²) in [5.74, 6) is 0. The van der Waals surface area contributed by atoms with Gasteiger partial charge < -0.3 is 0 Å². The molecule has 2 aliphatic carbocycles. The molecule has 0 radical (unpaired) electrons. The summed E-state index contributed by atoms with van der Waals surface area (Å²) in [4.78, 5) is 0. The highest BCUT2D eigenvalue weighted by Gasteiger charge is 2.35. The van der Waals surface area contributed by atoms with Crippen LogP contribution in [0.25, 0.3) is 177 Å². The second kappa shape index (κ2) is 18.5. The summed E-state index contributed by atoms with van der Waals surface area (Å²) in [6.45, 7) is 0. The number of fused-ring (bicyclic) bond motifs is 8. The molecule has 0 bridgehead atoms. The predicted molar refractivity (Wildman–Crippen MR) is 349 cm³/mol. The van der Waals surface area contributed by atoms with Crippen molar-refractivity contribution < 1.29 is 0 Å². The average molecular weight is 1040 g/mol. The van der Waals surface area contributed by atoms with Crippen molar-refractivity contribution in [1.82, 2.24) is 0 Å². The standard InChI is InChI=1S/C82H50/c1-7-23-51(24-8-1)59-43-47-67-77-69(49-45-61(75(59)77)53-27-11-3-12-28-53)81-73(65-37-21-19-35-63(65)71(79(67)81)55-31-15-5-16-32-55)57-39-41-58(42-40-57)74-66-38-22-20-36-64(66)72(56-33-17-6-18-34-56)80-68-48-44-60(52-25-9-2-10-26-52)76-62(54-29-13-4-14-30-54)46-50-70(78(68)76)82(74)80/h1-50H. The molecule has 0 atom stereocenters. The molecule has 15 aromatic rings. The van der Waals surface area contributed by atoms with Gasteiger partial charge in [0.05, 0.1) is 0 Å². The van der Waals surface area contributed by atoms with Crippen molar-refractivity contribution in [1.29, 1.82) is 0 Å². The van der Waals surface area contributed by atoms with Crippen LogP contribution in [0.1, 0.15) is 0 Å². The van der Waals surface area contributed by atoms with Crippen LogP contribution in [-0.4, -0.2) is 0 Å². The van der Waals surface area contributed by atoms with Crippen molar-refractivity contribution in [2.45, 2.75) is 0 Å². The highest BCUT2D eigenvalue weighted by molar-refractivity contribution is 6.32. The molecule has 0 saturated heterocycles. The van der Waals surface area contributed by atoms with Crippen LogP contribution in [0.5, 0.6) is 0 Å². The number of hydrogen-bond acceptors (Lipinski definition) is 0. The third-order valence-electron chi connectivity index (χ3n) is 17.8. The lowest BCUT2D eigenvalue weighted by molar-refractivity contribution is 1.60. The molecule has 0 unspecified atom stereocenters. The maximum Gasteiger partial charge on any atom is -0.000740 e. The van der Waals surface area contributed by atoms with E-state index >= 15 is 0 Å². The molecule has 0 amide bonds. The first-order valence-electron chi connectivity index (χ1n) is 28.6. The molecule has 0 aromatic heterocycles. The monoisotopic (exact) mass is 1030 g/mol. The van der Waals surface area contributed by atoms with Gasteiger partial charge in [0.1, 0.15) is 0 Å². The Morgan fingerprint density at radius 3 is 0.512 bits per heavy atom. The Labute approximate surface area is 477 Å². The molecule has 378 valence electrons. The van der Waals surface area contributed by atoms with E-state index in [4.69, 9.17) is 0 Å². The summed E-state index contributed by atoms with van der Waals surface area (Å²) in [6.07, 6.45) is 0. The first-order valence-corrected chi connectivity index (χ1v) is 28.6. The van der Waals surface area contributed by atoms with Crippen molar-refractivity contribution in [3.05, 3.63) is 303 Å². The van der Waals surface area contributed by atoms with Gasteiger partial charge in [0.2, 0.25) is 0 Å². The Hall–Kier alpha value is -10.7. The lowest BCUT2D eigenvalue weighted by Gasteiger charge is -2.22. The van der Waals surface area contributed by atoms with Gasteiger partial charge in [-0.15, -0.1) is 0 Å². The molecule has 82 heavy (non-hydrogen) atoms. The first kappa shape index (κ1) is 46.3. The van der Waals surface area contributed by atoms with Crippen LogP contribution >= 0.6 is 0 Å². The maximum absolute atomic E-state index is 2.42. The van der Waals surface area contributed by atoms with Crippen molar-refractivity contribution >= 4 is 43.1 Å². The molecule has 0 spiro atoms. The second-order valence-corrected chi connectivity index (χ2v) is 22.0. The SMILES string of the molecule is c1ccc(-c2c3c(c(-c4ccc(-c5c6c(c(-c7ccccc7)c7ccccc57)-c5ccc(-c7ccccc7)c7c(-c8ccccc8)ccc-6c57)cc4)c4ccccc24)-c2ccc(-c4ccccc4)c4c(-c5ccccc5)ccc-3c24)cc1. The van der Waals surface area contributed by atoms with E-state index in [9.17, 15) is 0 Å². The van der Waals surface area contributed by atoms with Gasteiger partial charge in [-0.3, -0.25) is 0 Å². The van der Waals surface area contributed by atoms with Crippen LogP contribution < -0.4 is 0 Å². The molecule has 0 N–H and O–H groups in total. The largest absolute Gasteiger partial charge is 0.0622 e. The minimum Gasteiger partial charge on any atom is -0.0622 e. The fourth-order valence-corrected chi connectivity index (χ4v) is 14.4. The highest BCUT2D eigenvalue weighted by Crippen LogP contribution is 2.62. The van der Waals surface area contributed by atoms with E-state index in [1.807, 2.05) is 0 Å². The Balaban J connectivity index is 0.943. The predicted octanol–water partition coefficient (Wildman–Crippen LogP) is 22.9. The number of benzene rings is 15. The van der Waals surface area contributed by atoms with Crippen LogP contribution in [-0.2, 0) is 0 Å². The Kier molecular flexibility index (Phi) is 10.4. The van der Waals surface area contributed by atoms with E-state index in [1.165, 1.54) is 177 Å². The first-order chi connectivity index (χ1) is 40.8. The number of rotatable bonds is 8. The van der Waals surface area contributed by atoms with E-state index in [2.05, 4.69) is 303 Å². The normalized spacial score (nSPS) is 11.9. The third kappa shape index (κ3) is 6.86. The van der Waals surface area contributed by atoms with Gasteiger partial charge in [-0.1, -0.05) is 303 Å². The van der Waals surface area contributed by atoms with Gasteiger partial charge in [-0.2, -0.15) is 0 Å². The average Bonchev–Trinajstić information content (AvgIpc) is 3.33. The van der Waals surface area contributed by atoms with E-state index in [0.717, 1.165) is 0 Å². The van der Waals surface area contributed by atoms with Crippen LogP contribution in [0.3, 0.4) is 0 Å². The summed E-state index contributed by atoms with van der Waals surface area (Å²) in [7, 11) is 0. The maximum atomic E-state index is 2.42. The summed E-state index contributed by atoms with van der Waals surface area (Å²) in [5, 5.41) is 10.2. The van der Waals surface area contributed by atoms with Gasteiger partial charge in [0, 0.05) is 0 Å². The van der Waals surface area contributed by atoms with Gasteiger partial charge in [0.15, 0.2) is 0 Å². The summed E-state index contributed by atoms with van der Waals surface area (Å²) in [6, 6.07) is 113. The zero-order valence-electron chi connectivity index (χ0n) is 44.9. The van der Waals surface area contributed by atoms with Gasteiger partial charge in [-0.05, 0) is 177 Å². The van der Waals surface area contributed by atoms with Crippen molar-refractivity contribution in [3.63, 3.8) is 0 Å². The summed E-state index contributed by atoms with van der Waals surface area (Å²) >= 11 is 0. The molecule has 0 saturated carbocycles. The van der Waals surface area contributed by atoms with Crippen molar-refractivity contribution in [2.24, 2.45) is 0 Å². The topological polar surface area (TPSA) is 0 Å². The quantitative estimate of drug-likeness (QED) is 0.142. The van der Waals surface area contributed by atoms with Crippen LogP contribution in [0, 0.1) is 0 Å². The van der Waals surface area contributed by atoms with Gasteiger partial charge >= 0.3 is 0 Å². The molecule has 17 rings (SSSR count). The van der Waals surface area contributed by atoms with E-state index < -0.39 is 0 Å². The van der Waals surface area contributed by atoms with E-state index in [1.54, 1.807) is 0 Å². The highest BCUT2D eigenvalue weighted by atomic mass is 14.4. The second-order valence-electron chi connectivity index (χ2n) is 22.0. The summed E-state index contributed by atoms with van der Waals surface area (Å²) in [5.41, 5.74) is 30.0. The smallest absolute Gasteiger partial charge is 0.000740 e. The van der Waals surface area contributed by atoms with E-state index in [0.29, 0.717) is 0 Å². The summed E-state index contributed by atoms with van der Waals surface area (Å²) < 4.78 is 0. The zero-order valence-corrected chi connectivity index (χ0v) is 44.9. The fourth-order valence-electron chi connectivity index (χ4n) is 14.4. The number of hydrogen-bond donors (Lipinski definition) is 0. The fraction of sp³-hybridized carbons (Fsp3) is 0. The molecule has 0 aliphatic heterocycles. The zero-order chi connectivity index (χ0) is 53.8. The van der Waals surface area contributed by atoms with Crippen molar-refractivity contribution in [2.75, 3.05) is 0 Å². The molecule has 0 heterocycles. The van der Waals surface area contributed by atoms with E-state index in [-0.39, 0.29) is 0 Å². The van der Waals surface area contributed by atoms with Crippen LogP contribution in [0.4, 0.5) is 0 Å². The van der Waals surface area contributed by atoms with Crippen molar-refractivity contribution in [3.8, 4) is 134 Å². The molecular formula is C82H50. The molecule has 2 aliphatic rings. The molecule has 0 heteroatoms. The third-order valence-corrected chi connectivity index (χ3v) is 17.8. The van der Waals surface area contributed by atoms with Gasteiger partial charge in [0.25, 0.3) is 0 Å². The Bertz CT molecular complexity index is 4650. The molecule has 15 aromatic carbocycles. The molecular weight excluding hydrogens is 985 g/mol. The Morgan fingerprint density at radius 1 is 0.110 bits per heavy atom. The van der Waals surface area contributed by atoms with Crippen LogP contribution in [0.2, 0.25) is 0 Å². The minimum absolute atomic E-state index is 1.19. The van der Waals surface area contributed by atoms with Gasteiger partial charge in [-0.25, -0.2) is 0 Å². The van der Waals surface area contributed by atoms with Crippen LogP contribution in [0.15, 0.2) is 303 Å². The molecule has 0 nitrogen and oxygen atoms in total. The Morgan fingerprint density at radius 2 is 0.280 bits per heavy atom. The minimum atomic E-state index is 1.19. The molecule has 0 fully saturated rings. The lowest BCUT2D eigenvalue weighted by Crippen LogP contribution is -1.95.